The molecule has 0 aliphatic carbocycles. The van der Waals surface area contributed by atoms with Crippen molar-refractivity contribution in [2.45, 2.75) is 32.0 Å². The van der Waals surface area contributed by atoms with Crippen LogP contribution in [0.5, 0.6) is 0 Å². The van der Waals surface area contributed by atoms with Gasteiger partial charge in [-0.25, -0.2) is 4.79 Å². The summed E-state index contributed by atoms with van der Waals surface area (Å²) in [5.74, 6) is -1.02. The van der Waals surface area contributed by atoms with E-state index in [4.69, 9.17) is 5.11 Å². The molecule has 1 aromatic carbocycles. The summed E-state index contributed by atoms with van der Waals surface area (Å²) >= 11 is 0. The van der Waals surface area contributed by atoms with Crippen LogP contribution >= 0.6 is 0 Å². The highest BCUT2D eigenvalue weighted by Gasteiger charge is 2.30. The minimum Gasteiger partial charge on any atom is -0.481 e. The van der Waals surface area contributed by atoms with Crippen LogP contribution in [0, 0.1) is 0 Å². The second kappa shape index (κ2) is 6.96. The van der Waals surface area contributed by atoms with Crippen molar-refractivity contribution in [2.75, 3.05) is 5.32 Å². The lowest BCUT2D eigenvalue weighted by atomic mass is 10.1. The number of carbonyl (C=O) groups is 2. The zero-order valence-corrected chi connectivity index (χ0v) is 11.2. The van der Waals surface area contributed by atoms with E-state index in [9.17, 15) is 22.8 Å². The first-order valence-corrected chi connectivity index (χ1v) is 6.11. The van der Waals surface area contributed by atoms with Crippen LogP contribution < -0.4 is 10.6 Å². The smallest absolute Gasteiger partial charge is 0.391 e. The third-order valence-corrected chi connectivity index (χ3v) is 2.46. The van der Waals surface area contributed by atoms with E-state index in [0.29, 0.717) is 11.3 Å². The van der Waals surface area contributed by atoms with E-state index in [0.717, 1.165) is 0 Å². The Kier molecular flexibility index (Phi) is 5.57. The molecule has 0 fully saturated rings. The maximum Gasteiger partial charge on any atom is 0.391 e. The molecule has 8 heteroatoms. The van der Waals surface area contributed by atoms with E-state index in [-0.39, 0.29) is 6.42 Å². The number of hydrogen-bond acceptors (Lipinski definition) is 2. The van der Waals surface area contributed by atoms with Crippen molar-refractivity contribution >= 4 is 17.7 Å². The number of amides is 2. The zero-order chi connectivity index (χ0) is 16.0. The van der Waals surface area contributed by atoms with Gasteiger partial charge in [-0.2, -0.15) is 13.2 Å². The number of aliphatic carboxylic acids is 1. The molecule has 1 aromatic rings. The van der Waals surface area contributed by atoms with E-state index >= 15 is 0 Å². The molecular formula is C13H15F3N2O3. The Morgan fingerprint density at radius 2 is 2.00 bits per heavy atom. The summed E-state index contributed by atoms with van der Waals surface area (Å²) in [6.45, 7) is 1.24. The average molecular weight is 304 g/mol. The third kappa shape index (κ3) is 7.19. The van der Waals surface area contributed by atoms with Gasteiger partial charge in [0, 0.05) is 11.7 Å². The lowest BCUT2D eigenvalue weighted by Gasteiger charge is -2.16. The van der Waals surface area contributed by atoms with Crippen LogP contribution in [-0.2, 0) is 11.2 Å². The van der Waals surface area contributed by atoms with Crippen molar-refractivity contribution in [1.82, 2.24) is 5.32 Å². The van der Waals surface area contributed by atoms with E-state index < -0.39 is 30.6 Å². The molecule has 0 heterocycles. The van der Waals surface area contributed by atoms with Crippen molar-refractivity contribution in [1.29, 1.82) is 0 Å². The number of benzene rings is 1. The monoisotopic (exact) mass is 304 g/mol. The molecule has 5 nitrogen and oxygen atoms in total. The van der Waals surface area contributed by atoms with Gasteiger partial charge in [0.1, 0.15) is 0 Å². The van der Waals surface area contributed by atoms with E-state index in [1.165, 1.54) is 19.1 Å². The van der Waals surface area contributed by atoms with Crippen LogP contribution in [0.2, 0.25) is 0 Å². The topological polar surface area (TPSA) is 78.4 Å². The quantitative estimate of drug-likeness (QED) is 0.782. The molecule has 1 rings (SSSR count). The minimum atomic E-state index is -4.35. The Labute approximate surface area is 119 Å². The Bertz CT molecular complexity index is 518. The van der Waals surface area contributed by atoms with Crippen molar-refractivity contribution in [2.24, 2.45) is 0 Å². The van der Waals surface area contributed by atoms with Gasteiger partial charge in [-0.1, -0.05) is 12.1 Å². The normalized spacial score (nSPS) is 12.6. The molecule has 0 saturated carbocycles. The fourth-order valence-electron chi connectivity index (χ4n) is 1.72. The van der Waals surface area contributed by atoms with Crippen molar-refractivity contribution in [3.8, 4) is 0 Å². The molecule has 0 radical (unpaired) electrons. The van der Waals surface area contributed by atoms with Crippen LogP contribution in [0.3, 0.4) is 0 Å². The summed E-state index contributed by atoms with van der Waals surface area (Å²) in [5, 5.41) is 13.2. The molecule has 0 saturated heterocycles. The van der Waals surface area contributed by atoms with Gasteiger partial charge < -0.3 is 15.7 Å². The molecule has 0 spiro atoms. The van der Waals surface area contributed by atoms with Crippen LogP contribution in [0.4, 0.5) is 23.7 Å². The first-order valence-electron chi connectivity index (χ1n) is 6.11. The van der Waals surface area contributed by atoms with Gasteiger partial charge in [-0.3, -0.25) is 4.79 Å². The lowest BCUT2D eigenvalue weighted by molar-refractivity contribution is -0.138. The van der Waals surface area contributed by atoms with Crippen LogP contribution in [0.25, 0.3) is 0 Å². The summed E-state index contributed by atoms with van der Waals surface area (Å²) in [4.78, 5) is 22.1. The number of carboxylic acid groups (broad SMARTS) is 1. The highest BCUT2D eigenvalue weighted by molar-refractivity contribution is 5.89. The Morgan fingerprint density at radius 3 is 2.57 bits per heavy atom. The predicted molar refractivity (Wildman–Crippen MR) is 70.1 cm³/mol. The van der Waals surface area contributed by atoms with E-state index in [1.54, 1.807) is 12.1 Å². The molecule has 0 aromatic heterocycles. The fourth-order valence-corrected chi connectivity index (χ4v) is 1.72. The van der Waals surface area contributed by atoms with E-state index in [1.807, 2.05) is 0 Å². The maximum atomic E-state index is 12.1. The summed E-state index contributed by atoms with van der Waals surface area (Å²) in [5.41, 5.74) is 0.786. The number of anilines is 1. The highest BCUT2D eigenvalue weighted by Crippen LogP contribution is 2.21. The SMILES string of the molecule is CC(CC(F)(F)F)NC(=O)Nc1cccc(CC(=O)O)c1. The molecular weight excluding hydrogens is 289 g/mol. The summed E-state index contributed by atoms with van der Waals surface area (Å²) < 4.78 is 36.4. The van der Waals surface area contributed by atoms with Crippen LogP contribution in [0.1, 0.15) is 18.9 Å². The molecule has 1 atom stereocenters. The number of urea groups is 1. The summed E-state index contributed by atoms with van der Waals surface area (Å²) in [7, 11) is 0. The van der Waals surface area contributed by atoms with Gasteiger partial charge in [-0.05, 0) is 24.6 Å². The second-order valence-electron chi connectivity index (χ2n) is 4.59. The molecule has 1 unspecified atom stereocenters. The van der Waals surface area contributed by atoms with Gasteiger partial charge in [-0.15, -0.1) is 0 Å². The highest BCUT2D eigenvalue weighted by atomic mass is 19.4. The zero-order valence-electron chi connectivity index (χ0n) is 11.2. The minimum absolute atomic E-state index is 0.207. The van der Waals surface area contributed by atoms with Gasteiger partial charge in [0.05, 0.1) is 12.8 Å². The first-order chi connectivity index (χ1) is 9.65. The van der Waals surface area contributed by atoms with Crippen molar-refractivity contribution < 1.29 is 27.9 Å². The van der Waals surface area contributed by atoms with Gasteiger partial charge in [0.15, 0.2) is 0 Å². The first kappa shape index (κ1) is 16.8. The number of carboxylic acids is 1. The van der Waals surface area contributed by atoms with E-state index in [2.05, 4.69) is 10.6 Å². The van der Waals surface area contributed by atoms with Crippen LogP contribution in [-0.4, -0.2) is 29.3 Å². The van der Waals surface area contributed by atoms with Crippen molar-refractivity contribution in [3.05, 3.63) is 29.8 Å². The molecule has 3 N–H and O–H groups in total. The third-order valence-electron chi connectivity index (χ3n) is 2.46. The number of rotatable bonds is 5. The number of alkyl halides is 3. The average Bonchev–Trinajstić information content (AvgIpc) is 2.24. The molecule has 0 aliphatic rings. The molecule has 21 heavy (non-hydrogen) atoms. The second-order valence-corrected chi connectivity index (χ2v) is 4.59. The molecule has 0 aliphatic heterocycles. The Balaban J connectivity index is 2.56. The lowest BCUT2D eigenvalue weighted by Crippen LogP contribution is -2.38. The number of hydrogen-bond donors (Lipinski definition) is 3. The summed E-state index contributed by atoms with van der Waals surface area (Å²) in [6, 6.07) is 4.24. The number of halogens is 3. The number of carbonyl (C=O) groups excluding carboxylic acids is 1. The predicted octanol–water partition coefficient (Wildman–Crippen LogP) is 2.78. The summed E-state index contributed by atoms with van der Waals surface area (Å²) in [6.07, 6.45) is -5.69. The van der Waals surface area contributed by atoms with Crippen LogP contribution in [0.15, 0.2) is 24.3 Å². The van der Waals surface area contributed by atoms with Gasteiger partial charge >= 0.3 is 18.2 Å². The van der Waals surface area contributed by atoms with Gasteiger partial charge in [0.25, 0.3) is 0 Å². The Morgan fingerprint density at radius 1 is 1.33 bits per heavy atom. The Hall–Kier alpha value is -2.25. The number of nitrogens with one attached hydrogen (secondary N) is 2. The largest absolute Gasteiger partial charge is 0.481 e. The van der Waals surface area contributed by atoms with Crippen molar-refractivity contribution in [3.63, 3.8) is 0 Å². The fraction of sp³-hybridized carbons (Fsp3) is 0.385. The van der Waals surface area contributed by atoms with Gasteiger partial charge in [0.2, 0.25) is 0 Å². The molecule has 2 amide bonds. The maximum absolute atomic E-state index is 12.1. The molecule has 0 bridgehead atoms. The standard InChI is InChI=1S/C13H15F3N2O3/c1-8(7-13(14,15)16)17-12(21)18-10-4-2-3-9(5-10)6-11(19)20/h2-5,8H,6-7H2,1H3,(H,19,20)(H2,17,18,21). The molecule has 116 valence electrons.